The molecule has 0 radical (unpaired) electrons. The maximum Gasteiger partial charge on any atom is 0.133 e. The van der Waals surface area contributed by atoms with Gasteiger partial charge in [-0.15, -0.1) is 0 Å². The van der Waals surface area contributed by atoms with Crippen LogP contribution in [0.25, 0.3) is 0 Å². The van der Waals surface area contributed by atoms with Crippen LogP contribution in [-0.4, -0.2) is 29.8 Å². The molecule has 4 nitrogen and oxygen atoms in total. The minimum atomic E-state index is 0.173. The number of nitrogen functional groups attached to an aromatic ring is 1. The zero-order chi connectivity index (χ0) is 11.3. The summed E-state index contributed by atoms with van der Waals surface area (Å²) in [7, 11) is 0. The molecule has 1 aromatic heterocycles. The molecule has 1 aromatic rings. The van der Waals surface area contributed by atoms with E-state index in [1.807, 2.05) is 11.8 Å². The summed E-state index contributed by atoms with van der Waals surface area (Å²) in [6, 6.07) is 3.40. The van der Waals surface area contributed by atoms with Crippen LogP contribution >= 0.6 is 11.6 Å². The Kier molecular flexibility index (Phi) is 4.65. The van der Waals surface area contributed by atoms with Crippen LogP contribution in [0.5, 0.6) is 0 Å². The van der Waals surface area contributed by atoms with Crippen LogP contribution in [-0.2, 0) is 0 Å². The SMILES string of the molecule is CCN(CCCO)c1cc(N)cc(Cl)n1. The van der Waals surface area contributed by atoms with Crippen molar-refractivity contribution in [1.82, 2.24) is 4.98 Å². The highest BCUT2D eigenvalue weighted by Gasteiger charge is 2.06. The largest absolute Gasteiger partial charge is 0.399 e. The molecule has 0 amide bonds. The molecule has 0 bridgehead atoms. The van der Waals surface area contributed by atoms with E-state index in [1.54, 1.807) is 12.1 Å². The Morgan fingerprint density at radius 1 is 1.53 bits per heavy atom. The van der Waals surface area contributed by atoms with E-state index in [4.69, 9.17) is 22.4 Å². The zero-order valence-corrected chi connectivity index (χ0v) is 9.54. The highest BCUT2D eigenvalue weighted by atomic mass is 35.5. The van der Waals surface area contributed by atoms with Gasteiger partial charge in [-0.3, -0.25) is 0 Å². The molecule has 1 heterocycles. The van der Waals surface area contributed by atoms with Crippen molar-refractivity contribution >= 4 is 23.1 Å². The average Bonchev–Trinajstić information content (AvgIpc) is 2.17. The Balaban J connectivity index is 2.81. The second-order valence-corrected chi connectivity index (χ2v) is 3.63. The highest BCUT2D eigenvalue weighted by Crippen LogP contribution is 2.19. The van der Waals surface area contributed by atoms with Gasteiger partial charge < -0.3 is 15.7 Å². The number of aliphatic hydroxyl groups excluding tert-OH is 1. The van der Waals surface area contributed by atoms with Gasteiger partial charge >= 0.3 is 0 Å². The van der Waals surface area contributed by atoms with Gasteiger partial charge in [0.05, 0.1) is 0 Å². The first-order valence-electron chi connectivity index (χ1n) is 4.96. The maximum absolute atomic E-state index is 8.77. The van der Waals surface area contributed by atoms with Crippen LogP contribution in [0.1, 0.15) is 13.3 Å². The van der Waals surface area contributed by atoms with Gasteiger partial charge in [-0.05, 0) is 19.4 Å². The van der Waals surface area contributed by atoms with Gasteiger partial charge in [-0.2, -0.15) is 0 Å². The molecule has 0 spiro atoms. The lowest BCUT2D eigenvalue weighted by Gasteiger charge is -2.21. The van der Waals surface area contributed by atoms with Crippen LogP contribution in [0.3, 0.4) is 0 Å². The van der Waals surface area contributed by atoms with Crippen molar-refractivity contribution in [3.63, 3.8) is 0 Å². The van der Waals surface area contributed by atoms with Crippen LogP contribution in [0.4, 0.5) is 11.5 Å². The number of pyridine rings is 1. The number of halogens is 1. The zero-order valence-electron chi connectivity index (χ0n) is 8.78. The summed E-state index contributed by atoms with van der Waals surface area (Å²) in [4.78, 5) is 6.21. The van der Waals surface area contributed by atoms with Crippen molar-refractivity contribution in [3.05, 3.63) is 17.3 Å². The highest BCUT2D eigenvalue weighted by molar-refractivity contribution is 6.29. The first-order valence-corrected chi connectivity index (χ1v) is 5.34. The summed E-state index contributed by atoms with van der Waals surface area (Å²) >= 11 is 5.82. The van der Waals surface area contributed by atoms with E-state index in [1.165, 1.54) is 0 Å². The van der Waals surface area contributed by atoms with Gasteiger partial charge in [-0.1, -0.05) is 11.6 Å². The third kappa shape index (κ3) is 3.57. The molecule has 1 rings (SSSR count). The Hall–Kier alpha value is -1.00. The summed E-state index contributed by atoms with van der Waals surface area (Å²) in [5.74, 6) is 0.760. The lowest BCUT2D eigenvalue weighted by Crippen LogP contribution is -2.25. The summed E-state index contributed by atoms with van der Waals surface area (Å²) < 4.78 is 0. The summed E-state index contributed by atoms with van der Waals surface area (Å²) in [5.41, 5.74) is 6.28. The molecule has 0 saturated heterocycles. The standard InChI is InChI=1S/C10H16ClN3O/c1-2-14(4-3-5-15)10-7-8(12)6-9(11)13-10/h6-7,15H,2-5H2,1H3,(H2,12,13). The van der Waals surface area contributed by atoms with Crippen molar-refractivity contribution in [3.8, 4) is 0 Å². The van der Waals surface area contributed by atoms with Crippen LogP contribution in [0, 0.1) is 0 Å². The van der Waals surface area contributed by atoms with E-state index < -0.39 is 0 Å². The fourth-order valence-corrected chi connectivity index (χ4v) is 1.57. The average molecular weight is 230 g/mol. The van der Waals surface area contributed by atoms with Crippen molar-refractivity contribution in [2.24, 2.45) is 0 Å². The molecule has 0 fully saturated rings. The van der Waals surface area contributed by atoms with Crippen molar-refractivity contribution in [2.75, 3.05) is 30.3 Å². The van der Waals surface area contributed by atoms with Crippen molar-refractivity contribution in [2.45, 2.75) is 13.3 Å². The number of nitrogens with zero attached hydrogens (tertiary/aromatic N) is 2. The molecule has 0 unspecified atom stereocenters. The van der Waals surface area contributed by atoms with E-state index >= 15 is 0 Å². The maximum atomic E-state index is 8.77. The second kappa shape index (κ2) is 5.78. The molecule has 0 saturated carbocycles. The number of hydrogen-bond donors (Lipinski definition) is 2. The van der Waals surface area contributed by atoms with Crippen LogP contribution < -0.4 is 10.6 Å². The van der Waals surface area contributed by atoms with Crippen molar-refractivity contribution < 1.29 is 5.11 Å². The number of nitrogens with two attached hydrogens (primary N) is 1. The molecule has 0 aliphatic rings. The molecule has 15 heavy (non-hydrogen) atoms. The summed E-state index contributed by atoms with van der Waals surface area (Å²) in [6.45, 7) is 3.76. The number of hydrogen-bond acceptors (Lipinski definition) is 4. The van der Waals surface area contributed by atoms with E-state index in [9.17, 15) is 0 Å². The molecular weight excluding hydrogens is 214 g/mol. The number of rotatable bonds is 5. The Labute approximate surface area is 94.7 Å². The summed E-state index contributed by atoms with van der Waals surface area (Å²) in [5, 5.41) is 9.16. The monoisotopic (exact) mass is 229 g/mol. The third-order valence-corrected chi connectivity index (χ3v) is 2.29. The third-order valence-electron chi connectivity index (χ3n) is 2.09. The topological polar surface area (TPSA) is 62.4 Å². The first-order chi connectivity index (χ1) is 7.17. The first kappa shape index (κ1) is 12.1. The van der Waals surface area contributed by atoms with Crippen LogP contribution in [0.2, 0.25) is 5.15 Å². The van der Waals surface area contributed by atoms with Gasteiger partial charge in [0, 0.05) is 31.5 Å². The summed E-state index contributed by atoms with van der Waals surface area (Å²) in [6.07, 6.45) is 0.710. The number of anilines is 2. The normalized spacial score (nSPS) is 10.3. The van der Waals surface area contributed by atoms with Crippen LogP contribution in [0.15, 0.2) is 12.1 Å². The molecule has 5 heteroatoms. The van der Waals surface area contributed by atoms with E-state index in [0.29, 0.717) is 17.3 Å². The smallest absolute Gasteiger partial charge is 0.133 e. The quantitative estimate of drug-likeness (QED) is 0.752. The predicted octanol–water partition coefficient (Wildman–Crippen LogP) is 1.53. The lowest BCUT2D eigenvalue weighted by atomic mass is 10.3. The Bertz CT molecular complexity index is 299. The van der Waals surface area contributed by atoms with Gasteiger partial charge in [-0.25, -0.2) is 4.98 Å². The van der Waals surface area contributed by atoms with E-state index in [0.717, 1.165) is 18.9 Å². The minimum Gasteiger partial charge on any atom is -0.399 e. The predicted molar refractivity (Wildman–Crippen MR) is 63.2 cm³/mol. The molecule has 0 aliphatic heterocycles. The minimum absolute atomic E-state index is 0.173. The lowest BCUT2D eigenvalue weighted by molar-refractivity contribution is 0.289. The number of aromatic nitrogens is 1. The van der Waals surface area contributed by atoms with Gasteiger partial charge in [0.1, 0.15) is 11.0 Å². The molecule has 0 aromatic carbocycles. The number of aliphatic hydroxyl groups is 1. The molecule has 0 atom stereocenters. The second-order valence-electron chi connectivity index (χ2n) is 3.24. The van der Waals surface area contributed by atoms with Gasteiger partial charge in [0.2, 0.25) is 0 Å². The van der Waals surface area contributed by atoms with Gasteiger partial charge in [0.15, 0.2) is 0 Å². The Morgan fingerprint density at radius 3 is 2.80 bits per heavy atom. The molecule has 3 N–H and O–H groups in total. The fourth-order valence-electron chi connectivity index (χ4n) is 1.36. The fraction of sp³-hybridized carbons (Fsp3) is 0.500. The van der Waals surface area contributed by atoms with Gasteiger partial charge in [0.25, 0.3) is 0 Å². The molecular formula is C10H16ClN3O. The van der Waals surface area contributed by atoms with Crippen molar-refractivity contribution in [1.29, 1.82) is 0 Å². The van der Waals surface area contributed by atoms with E-state index in [2.05, 4.69) is 4.98 Å². The molecule has 84 valence electrons. The van der Waals surface area contributed by atoms with E-state index in [-0.39, 0.29) is 6.61 Å². The Morgan fingerprint density at radius 2 is 2.27 bits per heavy atom. The molecule has 0 aliphatic carbocycles.